The highest BCUT2D eigenvalue weighted by atomic mass is 16.5. The zero-order valence-corrected chi connectivity index (χ0v) is 11.4. The minimum absolute atomic E-state index is 0.0117. The summed E-state index contributed by atoms with van der Waals surface area (Å²) >= 11 is 0. The molecule has 0 amide bonds. The van der Waals surface area contributed by atoms with E-state index < -0.39 is 5.97 Å². The minimum atomic E-state index is -1.06. The Bertz CT molecular complexity index is 417. The molecule has 0 saturated heterocycles. The lowest BCUT2D eigenvalue weighted by molar-refractivity contribution is 0.0690. The molecule has 7 nitrogen and oxygen atoms in total. The average molecular weight is 269 g/mol. The first-order chi connectivity index (χ1) is 9.08. The first-order valence-corrected chi connectivity index (χ1v) is 5.90. The van der Waals surface area contributed by atoms with Crippen molar-refractivity contribution in [3.63, 3.8) is 0 Å². The van der Waals surface area contributed by atoms with Crippen LogP contribution in [-0.2, 0) is 9.47 Å². The smallest absolute Gasteiger partial charge is 0.354 e. The highest BCUT2D eigenvalue weighted by molar-refractivity contribution is 5.85. The Morgan fingerprint density at radius 1 is 1.26 bits per heavy atom. The molecule has 19 heavy (non-hydrogen) atoms. The van der Waals surface area contributed by atoms with Gasteiger partial charge in [0.15, 0.2) is 5.69 Å². The minimum Gasteiger partial charge on any atom is -0.477 e. The zero-order chi connectivity index (χ0) is 14.3. The van der Waals surface area contributed by atoms with E-state index in [0.717, 1.165) is 0 Å². The Balaban J connectivity index is 2.95. The van der Waals surface area contributed by atoms with Gasteiger partial charge in [0.05, 0.1) is 13.2 Å². The number of rotatable bonds is 8. The highest BCUT2D eigenvalue weighted by Crippen LogP contribution is 2.10. The molecule has 0 saturated carbocycles. The summed E-state index contributed by atoms with van der Waals surface area (Å²) in [6.45, 7) is 3.89. The third kappa shape index (κ3) is 4.80. The van der Waals surface area contributed by atoms with E-state index in [1.807, 2.05) is 4.90 Å². The number of aryl methyl sites for hydroxylation is 1. The van der Waals surface area contributed by atoms with Crippen molar-refractivity contribution in [2.75, 3.05) is 45.4 Å². The van der Waals surface area contributed by atoms with Crippen LogP contribution < -0.4 is 4.90 Å². The van der Waals surface area contributed by atoms with E-state index in [1.54, 1.807) is 21.1 Å². The van der Waals surface area contributed by atoms with E-state index in [4.69, 9.17) is 14.6 Å². The number of aromatic carboxylic acids is 1. The third-order valence-corrected chi connectivity index (χ3v) is 2.48. The molecule has 106 valence electrons. The Labute approximate surface area is 112 Å². The Kier molecular flexibility index (Phi) is 6.17. The van der Waals surface area contributed by atoms with E-state index in [9.17, 15) is 4.79 Å². The van der Waals surface area contributed by atoms with E-state index >= 15 is 0 Å². The molecule has 0 bridgehead atoms. The van der Waals surface area contributed by atoms with Gasteiger partial charge in [0.1, 0.15) is 0 Å². The molecular weight excluding hydrogens is 250 g/mol. The largest absolute Gasteiger partial charge is 0.477 e. The number of hydrogen-bond donors (Lipinski definition) is 1. The molecule has 0 aliphatic rings. The standard InChI is InChI=1S/C12H19N3O4/c1-9-8-10(11(16)17)14-12(13-9)15(4-6-18-2)5-7-19-3/h8H,4-7H2,1-3H3,(H,16,17). The van der Waals surface area contributed by atoms with Gasteiger partial charge >= 0.3 is 5.97 Å². The van der Waals surface area contributed by atoms with Crippen molar-refractivity contribution in [3.8, 4) is 0 Å². The summed E-state index contributed by atoms with van der Waals surface area (Å²) < 4.78 is 10.1. The molecule has 0 unspecified atom stereocenters. The van der Waals surface area contributed by atoms with Gasteiger partial charge in [-0.1, -0.05) is 0 Å². The van der Waals surface area contributed by atoms with Crippen LogP contribution in [0.2, 0.25) is 0 Å². The third-order valence-electron chi connectivity index (χ3n) is 2.48. The number of carbonyl (C=O) groups is 1. The lowest BCUT2D eigenvalue weighted by Gasteiger charge is -2.22. The van der Waals surface area contributed by atoms with Crippen molar-refractivity contribution >= 4 is 11.9 Å². The molecule has 0 aliphatic carbocycles. The number of anilines is 1. The summed E-state index contributed by atoms with van der Waals surface area (Å²) in [5.41, 5.74) is 0.601. The summed E-state index contributed by atoms with van der Waals surface area (Å²) in [6, 6.07) is 1.44. The number of hydrogen-bond acceptors (Lipinski definition) is 6. The Hall–Kier alpha value is -1.73. The van der Waals surface area contributed by atoms with Gasteiger partial charge in [0.25, 0.3) is 0 Å². The molecule has 1 aromatic rings. The van der Waals surface area contributed by atoms with Crippen molar-refractivity contribution in [2.24, 2.45) is 0 Å². The molecule has 0 fully saturated rings. The van der Waals surface area contributed by atoms with Crippen LogP contribution in [0.5, 0.6) is 0 Å². The zero-order valence-electron chi connectivity index (χ0n) is 11.4. The van der Waals surface area contributed by atoms with Crippen LogP contribution in [0.25, 0.3) is 0 Å². The molecular formula is C12H19N3O4. The van der Waals surface area contributed by atoms with Gasteiger partial charge in [-0.2, -0.15) is 0 Å². The van der Waals surface area contributed by atoms with Gasteiger partial charge in [0, 0.05) is 33.0 Å². The molecule has 0 aliphatic heterocycles. The van der Waals surface area contributed by atoms with Crippen molar-refractivity contribution in [2.45, 2.75) is 6.92 Å². The van der Waals surface area contributed by atoms with E-state index in [-0.39, 0.29) is 5.69 Å². The summed E-state index contributed by atoms with van der Waals surface area (Å²) in [5.74, 6) is -0.684. The average Bonchev–Trinajstić information content (AvgIpc) is 2.38. The molecule has 0 atom stereocenters. The second-order valence-corrected chi connectivity index (χ2v) is 3.97. The molecule has 1 heterocycles. The maximum atomic E-state index is 11.0. The fourth-order valence-corrected chi connectivity index (χ4v) is 1.52. The lowest BCUT2D eigenvalue weighted by atomic mass is 10.3. The molecule has 0 radical (unpaired) electrons. The van der Waals surface area contributed by atoms with Crippen LogP contribution in [-0.4, -0.2) is 61.6 Å². The summed E-state index contributed by atoms with van der Waals surface area (Å²) in [5, 5.41) is 9.01. The van der Waals surface area contributed by atoms with E-state index in [2.05, 4.69) is 9.97 Å². The molecule has 1 N–H and O–H groups in total. The van der Waals surface area contributed by atoms with Crippen LogP contribution in [0.3, 0.4) is 0 Å². The Morgan fingerprint density at radius 3 is 2.32 bits per heavy atom. The number of nitrogens with zero attached hydrogens (tertiary/aromatic N) is 3. The van der Waals surface area contributed by atoms with Gasteiger partial charge < -0.3 is 19.5 Å². The van der Waals surface area contributed by atoms with Crippen molar-refractivity contribution in [3.05, 3.63) is 17.5 Å². The molecule has 0 spiro atoms. The van der Waals surface area contributed by atoms with Crippen molar-refractivity contribution < 1.29 is 19.4 Å². The molecule has 1 rings (SSSR count). The normalized spacial score (nSPS) is 10.5. The predicted octanol–water partition coefficient (Wildman–Crippen LogP) is 0.582. The number of ether oxygens (including phenoxy) is 2. The number of methoxy groups -OCH3 is 2. The van der Waals surface area contributed by atoms with Crippen LogP contribution in [0.15, 0.2) is 6.07 Å². The fraction of sp³-hybridized carbons (Fsp3) is 0.583. The van der Waals surface area contributed by atoms with Gasteiger partial charge in [-0.05, 0) is 13.0 Å². The summed E-state index contributed by atoms with van der Waals surface area (Å²) in [7, 11) is 3.21. The maximum absolute atomic E-state index is 11.0. The van der Waals surface area contributed by atoms with E-state index in [1.165, 1.54) is 6.07 Å². The van der Waals surface area contributed by atoms with Crippen molar-refractivity contribution in [1.82, 2.24) is 9.97 Å². The van der Waals surface area contributed by atoms with Gasteiger partial charge in [-0.15, -0.1) is 0 Å². The van der Waals surface area contributed by atoms with Crippen LogP contribution >= 0.6 is 0 Å². The summed E-state index contributed by atoms with van der Waals surface area (Å²) in [6.07, 6.45) is 0. The monoisotopic (exact) mass is 269 g/mol. The van der Waals surface area contributed by atoms with Crippen LogP contribution in [0, 0.1) is 6.92 Å². The topological polar surface area (TPSA) is 84.8 Å². The molecule has 1 aromatic heterocycles. The molecule has 0 aromatic carbocycles. The van der Waals surface area contributed by atoms with Gasteiger partial charge in [-0.3, -0.25) is 0 Å². The lowest BCUT2D eigenvalue weighted by Crippen LogP contribution is -2.32. The highest BCUT2D eigenvalue weighted by Gasteiger charge is 2.14. The second-order valence-electron chi connectivity index (χ2n) is 3.97. The van der Waals surface area contributed by atoms with Crippen molar-refractivity contribution in [1.29, 1.82) is 0 Å². The summed E-state index contributed by atoms with van der Waals surface area (Å²) in [4.78, 5) is 21.1. The first kappa shape index (κ1) is 15.3. The van der Waals surface area contributed by atoms with Gasteiger partial charge in [-0.25, -0.2) is 14.8 Å². The Morgan fingerprint density at radius 2 is 1.84 bits per heavy atom. The molecule has 7 heteroatoms. The van der Waals surface area contributed by atoms with Gasteiger partial charge in [0.2, 0.25) is 5.95 Å². The quantitative estimate of drug-likeness (QED) is 0.739. The number of aromatic nitrogens is 2. The van der Waals surface area contributed by atoms with Crippen LogP contribution in [0.4, 0.5) is 5.95 Å². The SMILES string of the molecule is COCCN(CCOC)c1nc(C)cc(C(=O)O)n1. The first-order valence-electron chi connectivity index (χ1n) is 5.90. The van der Waals surface area contributed by atoms with E-state index in [0.29, 0.717) is 37.9 Å². The van der Waals surface area contributed by atoms with Crippen LogP contribution in [0.1, 0.15) is 16.2 Å². The fourth-order valence-electron chi connectivity index (χ4n) is 1.52. The maximum Gasteiger partial charge on any atom is 0.354 e. The second kappa shape index (κ2) is 7.65. The number of carboxylic acids is 1. The number of carboxylic acid groups (broad SMARTS) is 1. The predicted molar refractivity (Wildman–Crippen MR) is 69.7 cm³/mol.